The number of carbonyl (C=O) groups is 2. The molecular weight excluding hydrogens is 444 g/mol. The third-order valence-electron chi connectivity index (χ3n) is 5.66. The van der Waals surface area contributed by atoms with Crippen molar-refractivity contribution in [3.63, 3.8) is 0 Å². The molecule has 2 aromatic carbocycles. The number of Topliss-reactive ketones (excluding diaryl/α,β-unsaturated/α-hetero) is 1. The number of hydrogen-bond acceptors (Lipinski definition) is 5. The van der Waals surface area contributed by atoms with E-state index in [4.69, 9.17) is 11.6 Å². The number of hydrogen-bond donors (Lipinski definition) is 1. The van der Waals surface area contributed by atoms with Gasteiger partial charge >= 0.3 is 0 Å². The van der Waals surface area contributed by atoms with E-state index < -0.39 is 5.25 Å². The molecule has 0 radical (unpaired) electrons. The fourth-order valence-corrected chi connectivity index (χ4v) is 5.09. The van der Waals surface area contributed by atoms with Crippen LogP contribution in [0.5, 0.6) is 0 Å². The predicted molar refractivity (Wildman–Crippen MR) is 128 cm³/mol. The molecule has 4 rings (SSSR count). The maximum Gasteiger partial charge on any atom is 0.237 e. The predicted octanol–water partition coefficient (Wildman–Crippen LogP) is 6.04. The fourth-order valence-electron chi connectivity index (χ4n) is 3.95. The van der Waals surface area contributed by atoms with Crippen LogP contribution in [0.4, 0.5) is 5.69 Å². The molecule has 6 nitrogen and oxygen atoms in total. The van der Waals surface area contributed by atoms with Crippen molar-refractivity contribution in [3.05, 3.63) is 59.1 Å². The summed E-state index contributed by atoms with van der Waals surface area (Å²) in [5.41, 5.74) is 2.01. The molecule has 8 heteroatoms. The first-order valence-electron chi connectivity index (χ1n) is 10.7. The molecule has 0 bridgehead atoms. The molecule has 3 aromatic rings. The van der Waals surface area contributed by atoms with E-state index in [-0.39, 0.29) is 11.7 Å². The van der Waals surface area contributed by atoms with Gasteiger partial charge in [-0.1, -0.05) is 60.5 Å². The first-order valence-corrected chi connectivity index (χ1v) is 12.0. The third kappa shape index (κ3) is 4.89. The van der Waals surface area contributed by atoms with Crippen LogP contribution in [-0.4, -0.2) is 31.7 Å². The van der Waals surface area contributed by atoms with Gasteiger partial charge in [0, 0.05) is 22.9 Å². The highest BCUT2D eigenvalue weighted by Crippen LogP contribution is 2.39. The molecule has 0 aliphatic heterocycles. The Bertz CT molecular complexity index is 1140. The van der Waals surface area contributed by atoms with Gasteiger partial charge in [0.05, 0.1) is 10.3 Å². The number of thioether (sulfide) groups is 1. The van der Waals surface area contributed by atoms with Crippen molar-refractivity contribution in [1.29, 1.82) is 0 Å². The number of amides is 1. The Morgan fingerprint density at radius 1 is 1.12 bits per heavy atom. The zero-order valence-electron chi connectivity index (χ0n) is 18.0. The number of rotatable bonds is 7. The van der Waals surface area contributed by atoms with E-state index in [0.29, 0.717) is 27.5 Å². The highest BCUT2D eigenvalue weighted by molar-refractivity contribution is 8.00. The highest BCUT2D eigenvalue weighted by Gasteiger charge is 2.28. The monoisotopic (exact) mass is 468 g/mol. The van der Waals surface area contributed by atoms with Crippen LogP contribution in [0.1, 0.15) is 55.9 Å². The van der Waals surface area contributed by atoms with Gasteiger partial charge in [-0.05, 0) is 51.0 Å². The van der Waals surface area contributed by atoms with E-state index in [1.54, 1.807) is 24.3 Å². The molecule has 32 heavy (non-hydrogen) atoms. The summed E-state index contributed by atoms with van der Waals surface area (Å²) in [6.07, 6.45) is 4.44. The van der Waals surface area contributed by atoms with Crippen molar-refractivity contribution in [1.82, 2.24) is 14.8 Å². The summed E-state index contributed by atoms with van der Waals surface area (Å²) in [5, 5.41) is 12.7. The van der Waals surface area contributed by atoms with E-state index in [2.05, 4.69) is 20.1 Å². The Balaban J connectivity index is 1.57. The van der Waals surface area contributed by atoms with Gasteiger partial charge in [-0.25, -0.2) is 0 Å². The molecule has 1 fully saturated rings. The molecule has 1 saturated carbocycles. The molecule has 0 saturated heterocycles. The minimum Gasteiger partial charge on any atom is -0.325 e. The van der Waals surface area contributed by atoms with Gasteiger partial charge in [0.15, 0.2) is 16.8 Å². The number of benzene rings is 2. The lowest BCUT2D eigenvalue weighted by atomic mass is 10.1. The fraction of sp³-hybridized carbons (Fsp3) is 0.333. The summed E-state index contributed by atoms with van der Waals surface area (Å²) in [6.45, 7) is 3.35. The molecule has 166 valence electrons. The number of aromatic nitrogens is 3. The number of anilines is 1. The first-order chi connectivity index (χ1) is 15.4. The Labute approximate surface area is 196 Å². The Morgan fingerprint density at radius 3 is 2.59 bits per heavy atom. The lowest BCUT2D eigenvalue weighted by Gasteiger charge is -2.19. The normalized spacial score (nSPS) is 15.0. The minimum absolute atomic E-state index is 0.0414. The van der Waals surface area contributed by atoms with E-state index in [1.807, 2.05) is 31.2 Å². The largest absolute Gasteiger partial charge is 0.325 e. The standard InChI is InChI=1S/C24H25ClN4O2S/c1-15(30)17-8-7-9-18(14-17)26-23(31)16(2)32-24-28-27-22(20-12-5-6-13-21(20)25)29(24)19-10-3-4-11-19/h5-9,12-14,16,19H,3-4,10-11H2,1-2H3,(H,26,31). The zero-order chi connectivity index (χ0) is 22.7. The molecule has 1 aliphatic rings. The molecular formula is C24H25ClN4O2S. The molecule has 1 N–H and O–H groups in total. The van der Waals surface area contributed by atoms with Gasteiger partial charge in [0.1, 0.15) is 0 Å². The second kappa shape index (κ2) is 9.88. The summed E-state index contributed by atoms with van der Waals surface area (Å²) in [6, 6.07) is 14.9. The maximum absolute atomic E-state index is 12.9. The topological polar surface area (TPSA) is 76.9 Å². The minimum atomic E-state index is -0.403. The van der Waals surface area contributed by atoms with Crippen LogP contribution < -0.4 is 5.32 Å². The lowest BCUT2D eigenvalue weighted by molar-refractivity contribution is -0.115. The highest BCUT2D eigenvalue weighted by atomic mass is 35.5. The smallest absolute Gasteiger partial charge is 0.237 e. The van der Waals surface area contributed by atoms with Crippen LogP contribution in [0, 0.1) is 0 Å². The van der Waals surface area contributed by atoms with E-state index in [9.17, 15) is 9.59 Å². The van der Waals surface area contributed by atoms with Crippen LogP contribution >= 0.6 is 23.4 Å². The molecule has 1 aliphatic carbocycles. The molecule has 1 atom stereocenters. The van der Waals surface area contributed by atoms with Crippen molar-refractivity contribution in [2.75, 3.05) is 5.32 Å². The van der Waals surface area contributed by atoms with Crippen LogP contribution in [-0.2, 0) is 4.79 Å². The summed E-state index contributed by atoms with van der Waals surface area (Å²) in [7, 11) is 0. The number of nitrogens with zero attached hydrogens (tertiary/aromatic N) is 3. The third-order valence-corrected chi connectivity index (χ3v) is 7.04. The Hall–Kier alpha value is -2.64. The average Bonchev–Trinajstić information content (AvgIpc) is 3.44. The van der Waals surface area contributed by atoms with E-state index >= 15 is 0 Å². The molecule has 0 spiro atoms. The van der Waals surface area contributed by atoms with Gasteiger partial charge in [-0.3, -0.25) is 14.2 Å². The van der Waals surface area contributed by atoms with Gasteiger partial charge in [0.2, 0.25) is 5.91 Å². The van der Waals surface area contributed by atoms with Gasteiger partial charge in [-0.15, -0.1) is 10.2 Å². The number of ketones is 1. The van der Waals surface area contributed by atoms with Crippen molar-refractivity contribution >= 4 is 40.7 Å². The average molecular weight is 469 g/mol. The second-order valence-electron chi connectivity index (χ2n) is 7.98. The maximum atomic E-state index is 12.9. The first kappa shape index (κ1) is 22.6. The van der Waals surface area contributed by atoms with Crippen LogP contribution in [0.15, 0.2) is 53.7 Å². The Morgan fingerprint density at radius 2 is 1.88 bits per heavy atom. The number of nitrogens with one attached hydrogen (secondary N) is 1. The van der Waals surface area contributed by atoms with Crippen molar-refractivity contribution in [2.45, 2.75) is 56.0 Å². The molecule has 1 amide bonds. The lowest BCUT2D eigenvalue weighted by Crippen LogP contribution is -2.23. The van der Waals surface area contributed by atoms with Gasteiger partial charge < -0.3 is 5.32 Å². The van der Waals surface area contributed by atoms with Crippen LogP contribution in [0.25, 0.3) is 11.4 Å². The summed E-state index contributed by atoms with van der Waals surface area (Å²) in [5.74, 6) is 0.544. The quantitative estimate of drug-likeness (QED) is 0.338. The molecule has 1 aromatic heterocycles. The van der Waals surface area contributed by atoms with E-state index in [1.165, 1.54) is 18.7 Å². The number of halogens is 1. The van der Waals surface area contributed by atoms with Crippen molar-refractivity contribution in [3.8, 4) is 11.4 Å². The van der Waals surface area contributed by atoms with Crippen molar-refractivity contribution < 1.29 is 9.59 Å². The van der Waals surface area contributed by atoms with Gasteiger partial charge in [-0.2, -0.15) is 0 Å². The van der Waals surface area contributed by atoms with Crippen LogP contribution in [0.3, 0.4) is 0 Å². The summed E-state index contributed by atoms with van der Waals surface area (Å²) < 4.78 is 2.15. The molecule has 1 unspecified atom stereocenters. The summed E-state index contributed by atoms with van der Waals surface area (Å²) in [4.78, 5) is 24.5. The SMILES string of the molecule is CC(=O)c1cccc(NC(=O)C(C)Sc2nnc(-c3ccccc3Cl)n2C2CCCC2)c1. The van der Waals surface area contributed by atoms with Crippen molar-refractivity contribution in [2.24, 2.45) is 0 Å². The second-order valence-corrected chi connectivity index (χ2v) is 9.70. The van der Waals surface area contributed by atoms with E-state index in [0.717, 1.165) is 37.1 Å². The Kier molecular flexibility index (Phi) is 6.96. The zero-order valence-corrected chi connectivity index (χ0v) is 19.6. The molecule has 1 heterocycles. The van der Waals surface area contributed by atoms with Crippen LogP contribution in [0.2, 0.25) is 5.02 Å². The van der Waals surface area contributed by atoms with Gasteiger partial charge in [0.25, 0.3) is 0 Å². The number of carbonyl (C=O) groups excluding carboxylic acids is 2. The summed E-state index contributed by atoms with van der Waals surface area (Å²) >= 11 is 7.84.